The summed E-state index contributed by atoms with van der Waals surface area (Å²) in [6, 6.07) is 13.8. The first-order valence-corrected chi connectivity index (χ1v) is 7.96. The molecule has 0 aliphatic heterocycles. The van der Waals surface area contributed by atoms with E-state index in [0.29, 0.717) is 25.9 Å². The first-order valence-electron chi connectivity index (χ1n) is 7.96. The lowest BCUT2D eigenvalue weighted by atomic mass is 10.1. The van der Waals surface area contributed by atoms with E-state index < -0.39 is 4.92 Å². The van der Waals surface area contributed by atoms with Crippen LogP contribution < -0.4 is 15.4 Å². The van der Waals surface area contributed by atoms with E-state index in [-0.39, 0.29) is 11.6 Å². The van der Waals surface area contributed by atoms with Gasteiger partial charge >= 0.3 is 0 Å². The molecule has 1 amide bonds. The Hall–Kier alpha value is -3.09. The number of ether oxygens (including phenoxy) is 1. The number of hydrogen-bond donors (Lipinski definition) is 2. The quantitative estimate of drug-likeness (QED) is 0.415. The molecule has 0 atom stereocenters. The van der Waals surface area contributed by atoms with Crippen LogP contribution in [0, 0.1) is 10.1 Å². The summed E-state index contributed by atoms with van der Waals surface area (Å²) in [7, 11) is 1.61. The highest BCUT2D eigenvalue weighted by Gasteiger charge is 2.04. The Kier molecular flexibility index (Phi) is 6.76. The Balaban J connectivity index is 1.65. The molecule has 0 aliphatic rings. The van der Waals surface area contributed by atoms with Gasteiger partial charge < -0.3 is 15.4 Å². The summed E-state index contributed by atoms with van der Waals surface area (Å²) < 4.78 is 5.16. The molecule has 2 rings (SSSR count). The number of benzene rings is 2. The van der Waals surface area contributed by atoms with Gasteiger partial charge in [-0.15, -0.1) is 0 Å². The Morgan fingerprint density at radius 1 is 1.16 bits per heavy atom. The molecule has 2 aromatic rings. The average Bonchev–Trinajstić information content (AvgIpc) is 2.64. The maximum atomic E-state index is 11.9. The maximum absolute atomic E-state index is 11.9. The first kappa shape index (κ1) is 18.3. The minimum atomic E-state index is -0.438. The second kappa shape index (κ2) is 9.27. The van der Waals surface area contributed by atoms with Gasteiger partial charge in [-0.1, -0.05) is 12.1 Å². The molecule has 132 valence electrons. The third-order valence-electron chi connectivity index (χ3n) is 3.63. The minimum absolute atomic E-state index is 0.0201. The Morgan fingerprint density at radius 3 is 2.60 bits per heavy atom. The number of nitrogens with zero attached hydrogens (tertiary/aromatic N) is 1. The standard InChI is InChI=1S/C18H21N3O4/c1-25-17-4-2-3-14(13-17)5-10-18(22)20-12-11-19-15-6-8-16(9-7-15)21(23)24/h2-4,6-9,13,19H,5,10-12H2,1H3,(H,20,22). The van der Waals surface area contributed by atoms with Gasteiger partial charge in [0.25, 0.3) is 5.69 Å². The number of methoxy groups -OCH3 is 1. The maximum Gasteiger partial charge on any atom is 0.269 e. The summed E-state index contributed by atoms with van der Waals surface area (Å²) in [6.07, 6.45) is 1.06. The van der Waals surface area contributed by atoms with E-state index in [0.717, 1.165) is 17.0 Å². The molecule has 0 unspecified atom stereocenters. The van der Waals surface area contributed by atoms with E-state index in [1.165, 1.54) is 12.1 Å². The zero-order valence-corrected chi connectivity index (χ0v) is 14.0. The normalized spacial score (nSPS) is 10.1. The van der Waals surface area contributed by atoms with Crippen LogP contribution in [0.25, 0.3) is 0 Å². The van der Waals surface area contributed by atoms with Crippen LogP contribution in [0.4, 0.5) is 11.4 Å². The highest BCUT2D eigenvalue weighted by Crippen LogP contribution is 2.15. The van der Waals surface area contributed by atoms with Gasteiger partial charge in [0.1, 0.15) is 5.75 Å². The first-order chi connectivity index (χ1) is 12.1. The summed E-state index contributed by atoms with van der Waals surface area (Å²) in [5.74, 6) is 0.763. The number of nitro benzene ring substituents is 1. The lowest BCUT2D eigenvalue weighted by Gasteiger charge is -2.08. The SMILES string of the molecule is COc1cccc(CCC(=O)NCCNc2ccc([N+](=O)[O-])cc2)c1. The average molecular weight is 343 g/mol. The van der Waals surface area contributed by atoms with Crippen molar-refractivity contribution in [3.8, 4) is 5.75 Å². The zero-order chi connectivity index (χ0) is 18.1. The van der Waals surface area contributed by atoms with E-state index in [1.807, 2.05) is 24.3 Å². The summed E-state index contributed by atoms with van der Waals surface area (Å²) in [6.45, 7) is 1.02. The molecule has 0 spiro atoms. The monoisotopic (exact) mass is 343 g/mol. The van der Waals surface area contributed by atoms with Crippen LogP contribution in [0.15, 0.2) is 48.5 Å². The molecule has 0 saturated heterocycles. The lowest BCUT2D eigenvalue weighted by molar-refractivity contribution is -0.384. The summed E-state index contributed by atoms with van der Waals surface area (Å²) in [5.41, 5.74) is 1.88. The van der Waals surface area contributed by atoms with Crippen molar-refractivity contribution in [3.05, 3.63) is 64.2 Å². The van der Waals surface area contributed by atoms with Crippen molar-refractivity contribution >= 4 is 17.3 Å². The highest BCUT2D eigenvalue weighted by molar-refractivity contribution is 5.76. The van der Waals surface area contributed by atoms with Gasteiger partial charge in [0.2, 0.25) is 5.91 Å². The number of amides is 1. The number of carbonyl (C=O) groups is 1. The number of carbonyl (C=O) groups excluding carboxylic acids is 1. The molecule has 0 saturated carbocycles. The predicted octanol–water partition coefficient (Wildman–Crippen LogP) is 2.76. The molecular weight excluding hydrogens is 322 g/mol. The van der Waals surface area contributed by atoms with Crippen molar-refractivity contribution in [2.45, 2.75) is 12.8 Å². The molecule has 2 N–H and O–H groups in total. The number of hydrogen-bond acceptors (Lipinski definition) is 5. The fraction of sp³-hybridized carbons (Fsp3) is 0.278. The number of rotatable bonds is 9. The van der Waals surface area contributed by atoms with Gasteiger partial charge in [-0.05, 0) is 36.2 Å². The smallest absolute Gasteiger partial charge is 0.269 e. The second-order valence-electron chi connectivity index (χ2n) is 5.43. The van der Waals surface area contributed by atoms with E-state index in [2.05, 4.69) is 10.6 Å². The fourth-order valence-corrected chi connectivity index (χ4v) is 2.28. The molecule has 0 heterocycles. The molecule has 2 aromatic carbocycles. The van der Waals surface area contributed by atoms with Crippen LogP contribution in [0.5, 0.6) is 5.75 Å². The fourth-order valence-electron chi connectivity index (χ4n) is 2.28. The van der Waals surface area contributed by atoms with Crippen molar-refractivity contribution in [3.63, 3.8) is 0 Å². The molecule has 7 nitrogen and oxygen atoms in total. The van der Waals surface area contributed by atoms with Crippen LogP contribution in [0.1, 0.15) is 12.0 Å². The number of nitro groups is 1. The Bertz CT molecular complexity index is 717. The number of anilines is 1. The van der Waals surface area contributed by atoms with Gasteiger partial charge in [-0.3, -0.25) is 14.9 Å². The highest BCUT2D eigenvalue weighted by atomic mass is 16.6. The predicted molar refractivity (Wildman–Crippen MR) is 95.9 cm³/mol. The molecule has 7 heteroatoms. The molecule has 25 heavy (non-hydrogen) atoms. The zero-order valence-electron chi connectivity index (χ0n) is 14.0. The third kappa shape index (κ3) is 6.14. The van der Waals surface area contributed by atoms with Crippen molar-refractivity contribution in [1.82, 2.24) is 5.32 Å². The Morgan fingerprint density at radius 2 is 1.92 bits per heavy atom. The molecule has 0 bridgehead atoms. The van der Waals surface area contributed by atoms with Crippen molar-refractivity contribution in [2.24, 2.45) is 0 Å². The van der Waals surface area contributed by atoms with Crippen LogP contribution in [0.3, 0.4) is 0 Å². The van der Waals surface area contributed by atoms with Crippen LogP contribution >= 0.6 is 0 Å². The van der Waals surface area contributed by atoms with Crippen molar-refractivity contribution in [2.75, 3.05) is 25.5 Å². The topological polar surface area (TPSA) is 93.5 Å². The van der Waals surface area contributed by atoms with Gasteiger partial charge in [0.15, 0.2) is 0 Å². The molecule has 0 radical (unpaired) electrons. The summed E-state index contributed by atoms with van der Waals surface area (Å²) in [5, 5.41) is 16.5. The van der Waals surface area contributed by atoms with E-state index >= 15 is 0 Å². The van der Waals surface area contributed by atoms with Gasteiger partial charge in [-0.25, -0.2) is 0 Å². The van der Waals surface area contributed by atoms with Crippen LogP contribution in [-0.2, 0) is 11.2 Å². The van der Waals surface area contributed by atoms with E-state index in [9.17, 15) is 14.9 Å². The molecule has 0 aliphatic carbocycles. The van der Waals surface area contributed by atoms with Gasteiger partial charge in [-0.2, -0.15) is 0 Å². The van der Waals surface area contributed by atoms with Gasteiger partial charge in [0, 0.05) is 37.3 Å². The number of nitrogens with one attached hydrogen (secondary N) is 2. The summed E-state index contributed by atoms with van der Waals surface area (Å²) in [4.78, 5) is 22.0. The van der Waals surface area contributed by atoms with E-state index in [4.69, 9.17) is 4.74 Å². The van der Waals surface area contributed by atoms with Crippen LogP contribution in [-0.4, -0.2) is 31.0 Å². The summed E-state index contributed by atoms with van der Waals surface area (Å²) >= 11 is 0. The largest absolute Gasteiger partial charge is 0.497 e. The minimum Gasteiger partial charge on any atom is -0.497 e. The molecular formula is C18H21N3O4. The second-order valence-corrected chi connectivity index (χ2v) is 5.43. The Labute approximate surface area is 146 Å². The lowest BCUT2D eigenvalue weighted by Crippen LogP contribution is -2.28. The molecule has 0 aromatic heterocycles. The number of aryl methyl sites for hydroxylation is 1. The van der Waals surface area contributed by atoms with Gasteiger partial charge in [0.05, 0.1) is 12.0 Å². The number of non-ortho nitro benzene ring substituents is 1. The molecule has 0 fully saturated rings. The third-order valence-corrected chi connectivity index (χ3v) is 3.63. The van der Waals surface area contributed by atoms with E-state index in [1.54, 1.807) is 19.2 Å². The van der Waals surface area contributed by atoms with Crippen molar-refractivity contribution < 1.29 is 14.5 Å². The van der Waals surface area contributed by atoms with Crippen LogP contribution in [0.2, 0.25) is 0 Å². The van der Waals surface area contributed by atoms with Crippen molar-refractivity contribution in [1.29, 1.82) is 0 Å².